The van der Waals surface area contributed by atoms with E-state index in [1.165, 1.54) is 0 Å². The molecule has 25 heavy (non-hydrogen) atoms. The highest BCUT2D eigenvalue weighted by Crippen LogP contribution is 2.58. The molecule has 0 unspecified atom stereocenters. The molecule has 1 fully saturated rings. The summed E-state index contributed by atoms with van der Waals surface area (Å²) in [6.07, 6.45) is 3.55. The zero-order valence-electron chi connectivity index (χ0n) is 15.3. The molecule has 5 nitrogen and oxygen atoms in total. The molecule has 0 aromatic rings. The lowest BCUT2D eigenvalue weighted by Gasteiger charge is -2.52. The van der Waals surface area contributed by atoms with Crippen LogP contribution in [0.2, 0.25) is 0 Å². The van der Waals surface area contributed by atoms with E-state index in [1.54, 1.807) is 13.0 Å². The molecular weight excluding hydrogens is 320 g/mol. The molecule has 5 heteroatoms. The molecule has 0 saturated heterocycles. The summed E-state index contributed by atoms with van der Waals surface area (Å²) in [5.74, 6) is -0.872. The number of carbonyl (C=O) groups is 2. The molecule has 1 aliphatic heterocycles. The van der Waals surface area contributed by atoms with Crippen molar-refractivity contribution in [2.24, 2.45) is 10.8 Å². The molecule has 1 saturated carbocycles. The van der Waals surface area contributed by atoms with Crippen LogP contribution in [0, 0.1) is 10.8 Å². The van der Waals surface area contributed by atoms with Gasteiger partial charge in [0.15, 0.2) is 5.76 Å². The number of cyclic esters (lactones) is 1. The van der Waals surface area contributed by atoms with Gasteiger partial charge in [-0.15, -0.1) is 0 Å². The van der Waals surface area contributed by atoms with E-state index in [0.717, 1.165) is 5.57 Å². The molecule has 2 atom stereocenters. The third-order valence-electron chi connectivity index (χ3n) is 6.31. The molecule has 0 radical (unpaired) electrons. The van der Waals surface area contributed by atoms with Crippen molar-refractivity contribution < 1.29 is 24.5 Å². The number of rotatable bonds is 3. The van der Waals surface area contributed by atoms with Gasteiger partial charge < -0.3 is 14.9 Å². The van der Waals surface area contributed by atoms with Gasteiger partial charge in [-0.05, 0) is 44.3 Å². The SMILES string of the molecule is CC1=C(CCC2=CCOC2=O)[C@@]2(C)CC[C@@H](O)C(C)(C)C2=C(O)C1=O. The van der Waals surface area contributed by atoms with Crippen LogP contribution in [0.25, 0.3) is 0 Å². The number of aliphatic hydroxyl groups is 2. The van der Waals surface area contributed by atoms with E-state index in [0.29, 0.717) is 49.0 Å². The van der Waals surface area contributed by atoms with Gasteiger partial charge in [-0.3, -0.25) is 4.79 Å². The molecule has 2 N–H and O–H groups in total. The van der Waals surface area contributed by atoms with Crippen LogP contribution < -0.4 is 0 Å². The maximum atomic E-state index is 12.6. The number of ether oxygens (including phenoxy) is 1. The second-order valence-electron chi connectivity index (χ2n) is 8.09. The number of aliphatic hydroxyl groups excluding tert-OH is 2. The first-order valence-corrected chi connectivity index (χ1v) is 8.84. The minimum absolute atomic E-state index is 0.216. The molecular formula is C20H26O5. The monoisotopic (exact) mass is 346 g/mol. The Morgan fingerprint density at radius 1 is 1.24 bits per heavy atom. The van der Waals surface area contributed by atoms with Crippen LogP contribution in [-0.4, -0.2) is 34.7 Å². The number of hydrogen-bond acceptors (Lipinski definition) is 5. The number of Topliss-reactive ketones (excluding diaryl/α,β-unsaturated/α-hetero) is 1. The van der Waals surface area contributed by atoms with Crippen molar-refractivity contribution in [3.63, 3.8) is 0 Å². The normalized spacial score (nSPS) is 31.9. The summed E-state index contributed by atoms with van der Waals surface area (Å²) < 4.78 is 4.95. The van der Waals surface area contributed by atoms with Crippen molar-refractivity contribution >= 4 is 11.8 Å². The van der Waals surface area contributed by atoms with Gasteiger partial charge in [0.2, 0.25) is 5.78 Å². The zero-order valence-corrected chi connectivity index (χ0v) is 15.3. The first-order chi connectivity index (χ1) is 11.6. The smallest absolute Gasteiger partial charge is 0.334 e. The fourth-order valence-corrected chi connectivity index (χ4v) is 4.82. The average molecular weight is 346 g/mol. The van der Waals surface area contributed by atoms with Crippen molar-refractivity contribution in [3.8, 4) is 0 Å². The lowest BCUT2D eigenvalue weighted by atomic mass is 9.53. The minimum atomic E-state index is -0.676. The molecule has 3 aliphatic rings. The summed E-state index contributed by atoms with van der Waals surface area (Å²) in [5, 5.41) is 21.0. The summed E-state index contributed by atoms with van der Waals surface area (Å²) in [6, 6.07) is 0. The van der Waals surface area contributed by atoms with Gasteiger partial charge in [-0.1, -0.05) is 26.3 Å². The van der Waals surface area contributed by atoms with Gasteiger partial charge in [-0.25, -0.2) is 4.79 Å². The van der Waals surface area contributed by atoms with Crippen LogP contribution in [0.4, 0.5) is 0 Å². The Kier molecular flexibility index (Phi) is 4.18. The van der Waals surface area contributed by atoms with Gasteiger partial charge in [0, 0.05) is 22.0 Å². The second-order valence-corrected chi connectivity index (χ2v) is 8.09. The Labute approximate surface area is 148 Å². The third kappa shape index (κ3) is 2.56. The number of carbonyl (C=O) groups excluding carboxylic acids is 2. The average Bonchev–Trinajstić information content (AvgIpc) is 2.94. The fraction of sp³-hybridized carbons (Fsp3) is 0.600. The lowest BCUT2D eigenvalue weighted by Crippen LogP contribution is -2.48. The number of allylic oxidation sites excluding steroid dienone is 2. The predicted molar refractivity (Wildman–Crippen MR) is 92.8 cm³/mol. The highest BCUT2D eigenvalue weighted by atomic mass is 16.5. The van der Waals surface area contributed by atoms with Crippen LogP contribution in [0.1, 0.15) is 53.4 Å². The van der Waals surface area contributed by atoms with Gasteiger partial charge >= 0.3 is 5.97 Å². The molecule has 2 aliphatic carbocycles. The maximum Gasteiger partial charge on any atom is 0.334 e. The Morgan fingerprint density at radius 2 is 1.92 bits per heavy atom. The van der Waals surface area contributed by atoms with E-state index in [-0.39, 0.29) is 17.5 Å². The van der Waals surface area contributed by atoms with E-state index in [9.17, 15) is 19.8 Å². The van der Waals surface area contributed by atoms with Crippen molar-refractivity contribution in [1.82, 2.24) is 0 Å². The first kappa shape index (κ1) is 17.9. The molecule has 0 aromatic carbocycles. The van der Waals surface area contributed by atoms with Crippen LogP contribution in [-0.2, 0) is 14.3 Å². The van der Waals surface area contributed by atoms with Crippen molar-refractivity contribution in [3.05, 3.63) is 34.1 Å². The number of fused-ring (bicyclic) bond motifs is 1. The van der Waals surface area contributed by atoms with Crippen LogP contribution >= 0.6 is 0 Å². The Morgan fingerprint density at radius 3 is 2.52 bits per heavy atom. The largest absolute Gasteiger partial charge is 0.504 e. The third-order valence-corrected chi connectivity index (χ3v) is 6.31. The quantitative estimate of drug-likeness (QED) is 0.767. The molecule has 0 amide bonds. The van der Waals surface area contributed by atoms with Crippen LogP contribution in [0.3, 0.4) is 0 Å². The molecule has 0 spiro atoms. The molecule has 136 valence electrons. The highest BCUT2D eigenvalue weighted by Gasteiger charge is 2.53. The summed E-state index contributed by atoms with van der Waals surface area (Å²) in [4.78, 5) is 24.3. The van der Waals surface area contributed by atoms with Gasteiger partial charge in [0.05, 0.1) is 6.10 Å². The fourth-order valence-electron chi connectivity index (χ4n) is 4.82. The molecule has 1 heterocycles. The van der Waals surface area contributed by atoms with Crippen molar-refractivity contribution in [1.29, 1.82) is 0 Å². The van der Waals surface area contributed by atoms with Crippen molar-refractivity contribution in [2.45, 2.75) is 59.5 Å². The second kappa shape index (κ2) is 5.84. The summed E-state index contributed by atoms with van der Waals surface area (Å²) in [6.45, 7) is 7.85. The van der Waals surface area contributed by atoms with E-state index in [4.69, 9.17) is 4.74 Å². The highest BCUT2D eigenvalue weighted by molar-refractivity contribution is 6.09. The van der Waals surface area contributed by atoms with Crippen LogP contribution in [0.5, 0.6) is 0 Å². The van der Waals surface area contributed by atoms with E-state index in [1.807, 2.05) is 20.8 Å². The van der Waals surface area contributed by atoms with E-state index < -0.39 is 16.9 Å². The number of hydrogen-bond donors (Lipinski definition) is 2. The van der Waals surface area contributed by atoms with E-state index in [2.05, 4.69) is 0 Å². The van der Waals surface area contributed by atoms with Gasteiger partial charge in [0.1, 0.15) is 6.61 Å². The van der Waals surface area contributed by atoms with Gasteiger partial charge in [0.25, 0.3) is 0 Å². The Bertz CT molecular complexity index is 737. The van der Waals surface area contributed by atoms with Crippen LogP contribution in [0.15, 0.2) is 34.1 Å². The van der Waals surface area contributed by atoms with E-state index >= 15 is 0 Å². The summed E-state index contributed by atoms with van der Waals surface area (Å²) >= 11 is 0. The molecule has 0 aromatic heterocycles. The maximum absolute atomic E-state index is 12.6. The summed E-state index contributed by atoms with van der Waals surface area (Å²) in [5.41, 5.74) is 1.64. The minimum Gasteiger partial charge on any atom is -0.504 e. The zero-order chi connectivity index (χ0) is 18.6. The Balaban J connectivity index is 2.00. The summed E-state index contributed by atoms with van der Waals surface area (Å²) in [7, 11) is 0. The molecule has 3 rings (SSSR count). The topological polar surface area (TPSA) is 83.8 Å². The standard InChI is InChI=1S/C20H26O5/c1-11-13(6-5-12-8-10-25-18(12)24)20(4)9-7-14(21)19(2,3)17(20)16(23)15(11)22/h8,14,21,23H,5-7,9-10H2,1-4H3/t14-,20-/m1/s1. The van der Waals surface area contributed by atoms with Crippen molar-refractivity contribution in [2.75, 3.05) is 6.61 Å². The number of ketones is 1. The molecule has 0 bridgehead atoms. The number of esters is 1. The predicted octanol–water partition coefficient (Wildman–Crippen LogP) is 3.15. The Hall–Kier alpha value is -1.88. The lowest BCUT2D eigenvalue weighted by molar-refractivity contribution is -0.136. The first-order valence-electron chi connectivity index (χ1n) is 8.84. The van der Waals surface area contributed by atoms with Gasteiger partial charge in [-0.2, -0.15) is 0 Å².